The predicted molar refractivity (Wildman–Crippen MR) is 94.4 cm³/mol. The van der Waals surface area contributed by atoms with Gasteiger partial charge in [0, 0.05) is 16.1 Å². The van der Waals surface area contributed by atoms with E-state index in [2.05, 4.69) is 10.6 Å². The minimum Gasteiger partial charge on any atom is -0.451 e. The van der Waals surface area contributed by atoms with Crippen LogP contribution in [0.2, 0.25) is 10.0 Å². The van der Waals surface area contributed by atoms with Crippen LogP contribution in [0.15, 0.2) is 34.7 Å². The maximum Gasteiger partial charge on any atom is 0.287 e. The van der Waals surface area contributed by atoms with E-state index in [0.717, 1.165) is 0 Å². The van der Waals surface area contributed by atoms with Gasteiger partial charge >= 0.3 is 0 Å². The summed E-state index contributed by atoms with van der Waals surface area (Å²) in [5.41, 5.74) is 0.233. The average Bonchev–Trinajstić information content (AvgIpc) is 2.95. The number of nitrogens with one attached hydrogen (secondary N) is 2. The smallest absolute Gasteiger partial charge is 0.287 e. The second kappa shape index (κ2) is 7.28. The van der Waals surface area contributed by atoms with Crippen LogP contribution in [-0.2, 0) is 4.79 Å². The van der Waals surface area contributed by atoms with Gasteiger partial charge < -0.3 is 15.1 Å². The summed E-state index contributed by atoms with van der Waals surface area (Å²) < 4.78 is 5.51. The molecule has 0 bridgehead atoms. The first kappa shape index (κ1) is 18.4. The summed E-state index contributed by atoms with van der Waals surface area (Å²) in [7, 11) is 0. The topological polar surface area (TPSA) is 71.3 Å². The first-order valence-electron chi connectivity index (χ1n) is 7.30. The quantitative estimate of drug-likeness (QED) is 0.859. The third kappa shape index (κ3) is 5.01. The lowest BCUT2D eigenvalue weighted by molar-refractivity contribution is -0.121. The normalized spacial score (nSPS) is 11.2. The lowest BCUT2D eigenvalue weighted by Crippen LogP contribution is -2.45. The predicted octanol–water partition coefficient (Wildman–Crippen LogP) is 3.90. The Hall–Kier alpha value is -1.98. The van der Waals surface area contributed by atoms with Crippen molar-refractivity contribution in [1.82, 2.24) is 10.6 Å². The Morgan fingerprint density at radius 2 is 1.83 bits per heavy atom. The van der Waals surface area contributed by atoms with Gasteiger partial charge in [0.25, 0.3) is 5.91 Å². The fourth-order valence-corrected chi connectivity index (χ4v) is 2.38. The van der Waals surface area contributed by atoms with E-state index in [-0.39, 0.29) is 23.8 Å². The van der Waals surface area contributed by atoms with Crippen molar-refractivity contribution in [2.75, 3.05) is 6.54 Å². The van der Waals surface area contributed by atoms with Gasteiger partial charge in [0.05, 0.1) is 11.6 Å². The molecule has 1 heterocycles. The van der Waals surface area contributed by atoms with E-state index in [1.807, 2.05) is 20.8 Å². The molecule has 5 nitrogen and oxygen atoms in total. The van der Waals surface area contributed by atoms with Crippen LogP contribution in [0.4, 0.5) is 0 Å². The van der Waals surface area contributed by atoms with E-state index in [1.165, 1.54) is 6.07 Å². The summed E-state index contributed by atoms with van der Waals surface area (Å²) in [6.07, 6.45) is 0. The van der Waals surface area contributed by atoms with Gasteiger partial charge in [-0.3, -0.25) is 9.59 Å². The van der Waals surface area contributed by atoms with Gasteiger partial charge in [0.2, 0.25) is 5.91 Å². The number of carbonyl (C=O) groups is 2. The molecule has 2 aromatic rings. The Kier molecular flexibility index (Phi) is 5.57. The number of amides is 2. The molecule has 1 aromatic heterocycles. The Labute approximate surface area is 150 Å². The summed E-state index contributed by atoms with van der Waals surface area (Å²) in [4.78, 5) is 23.8. The van der Waals surface area contributed by atoms with Crippen LogP contribution in [0, 0.1) is 0 Å². The lowest BCUT2D eigenvalue weighted by Gasteiger charge is -2.20. The van der Waals surface area contributed by atoms with Gasteiger partial charge in [0.1, 0.15) is 5.76 Å². The van der Waals surface area contributed by atoms with Crippen molar-refractivity contribution in [3.63, 3.8) is 0 Å². The van der Waals surface area contributed by atoms with E-state index >= 15 is 0 Å². The molecular weight excluding hydrogens is 351 g/mol. The molecule has 128 valence electrons. The number of hydrogen-bond acceptors (Lipinski definition) is 3. The highest BCUT2D eigenvalue weighted by Gasteiger charge is 2.17. The van der Waals surface area contributed by atoms with E-state index in [0.29, 0.717) is 21.4 Å². The van der Waals surface area contributed by atoms with Gasteiger partial charge in [0.15, 0.2) is 5.76 Å². The third-order valence-corrected chi connectivity index (χ3v) is 3.51. The molecule has 0 fully saturated rings. The van der Waals surface area contributed by atoms with E-state index in [4.69, 9.17) is 27.6 Å². The van der Waals surface area contributed by atoms with Crippen LogP contribution >= 0.6 is 23.2 Å². The molecule has 0 unspecified atom stereocenters. The zero-order valence-corrected chi connectivity index (χ0v) is 15.1. The highest BCUT2D eigenvalue weighted by Crippen LogP contribution is 2.31. The SMILES string of the molecule is CC(C)(C)NC(=O)CNC(=O)c1ccc(-c2cc(Cl)ccc2Cl)o1. The fourth-order valence-electron chi connectivity index (χ4n) is 2.00. The zero-order chi connectivity index (χ0) is 17.9. The standard InChI is InChI=1S/C17H18Cl2N2O3/c1-17(2,3)21-15(22)9-20-16(23)14-7-6-13(24-14)11-8-10(18)4-5-12(11)19/h4-8H,9H2,1-3H3,(H,20,23)(H,21,22). The molecule has 1 aromatic carbocycles. The van der Waals surface area contributed by atoms with Crippen LogP contribution in [0.1, 0.15) is 31.3 Å². The molecule has 0 radical (unpaired) electrons. The first-order chi connectivity index (χ1) is 11.2. The van der Waals surface area contributed by atoms with Gasteiger partial charge in [-0.05, 0) is 51.1 Å². The molecule has 0 saturated carbocycles. The second-order valence-electron chi connectivity index (χ2n) is 6.27. The van der Waals surface area contributed by atoms with Crippen LogP contribution in [-0.4, -0.2) is 23.9 Å². The minimum atomic E-state index is -0.483. The Balaban J connectivity index is 2.04. The number of benzene rings is 1. The molecule has 0 aliphatic carbocycles. The van der Waals surface area contributed by atoms with Crippen molar-refractivity contribution < 1.29 is 14.0 Å². The number of hydrogen-bond donors (Lipinski definition) is 2. The summed E-state index contributed by atoms with van der Waals surface area (Å²) in [5.74, 6) is -0.250. The number of furan rings is 1. The lowest BCUT2D eigenvalue weighted by atomic mass is 10.1. The maximum atomic E-state index is 12.1. The molecule has 24 heavy (non-hydrogen) atoms. The van der Waals surface area contributed by atoms with E-state index < -0.39 is 5.91 Å². The van der Waals surface area contributed by atoms with Gasteiger partial charge in [-0.1, -0.05) is 23.2 Å². The number of carbonyl (C=O) groups excluding carboxylic acids is 2. The van der Waals surface area contributed by atoms with Crippen molar-refractivity contribution in [3.05, 3.63) is 46.1 Å². The molecule has 2 amide bonds. The van der Waals surface area contributed by atoms with Crippen LogP contribution in [0.5, 0.6) is 0 Å². The second-order valence-corrected chi connectivity index (χ2v) is 7.11. The molecule has 2 rings (SSSR count). The van der Waals surface area contributed by atoms with Crippen LogP contribution in [0.25, 0.3) is 11.3 Å². The van der Waals surface area contributed by atoms with Crippen molar-refractivity contribution in [3.8, 4) is 11.3 Å². The molecule has 0 spiro atoms. The van der Waals surface area contributed by atoms with Gasteiger partial charge in [-0.15, -0.1) is 0 Å². The highest BCUT2D eigenvalue weighted by atomic mass is 35.5. The monoisotopic (exact) mass is 368 g/mol. The fraction of sp³-hybridized carbons (Fsp3) is 0.294. The summed E-state index contributed by atoms with van der Waals surface area (Å²) >= 11 is 12.1. The molecule has 0 saturated heterocycles. The Morgan fingerprint density at radius 1 is 1.12 bits per heavy atom. The summed E-state index contributed by atoms with van der Waals surface area (Å²) in [6, 6.07) is 8.11. The minimum absolute atomic E-state index is 0.0876. The molecule has 0 aliphatic rings. The average molecular weight is 369 g/mol. The van der Waals surface area contributed by atoms with Crippen molar-refractivity contribution in [1.29, 1.82) is 0 Å². The van der Waals surface area contributed by atoms with Crippen LogP contribution in [0.3, 0.4) is 0 Å². The van der Waals surface area contributed by atoms with Gasteiger partial charge in [-0.25, -0.2) is 0 Å². The van der Waals surface area contributed by atoms with Crippen molar-refractivity contribution >= 4 is 35.0 Å². The molecule has 0 aliphatic heterocycles. The van der Waals surface area contributed by atoms with E-state index in [1.54, 1.807) is 24.3 Å². The zero-order valence-electron chi connectivity index (χ0n) is 13.6. The first-order valence-corrected chi connectivity index (χ1v) is 8.06. The van der Waals surface area contributed by atoms with E-state index in [9.17, 15) is 9.59 Å². The highest BCUT2D eigenvalue weighted by molar-refractivity contribution is 6.35. The summed E-state index contributed by atoms with van der Waals surface area (Å²) in [5, 5.41) is 6.24. The van der Waals surface area contributed by atoms with Crippen molar-refractivity contribution in [2.45, 2.75) is 26.3 Å². The molecule has 0 atom stereocenters. The Bertz CT molecular complexity index is 763. The number of halogens is 2. The molecular formula is C17H18Cl2N2O3. The largest absolute Gasteiger partial charge is 0.451 e. The van der Waals surface area contributed by atoms with Gasteiger partial charge in [-0.2, -0.15) is 0 Å². The maximum absolute atomic E-state index is 12.1. The van der Waals surface area contributed by atoms with Crippen molar-refractivity contribution in [2.24, 2.45) is 0 Å². The van der Waals surface area contributed by atoms with Crippen LogP contribution < -0.4 is 10.6 Å². The summed E-state index contributed by atoms with van der Waals surface area (Å²) in [6.45, 7) is 5.45. The third-order valence-electron chi connectivity index (χ3n) is 2.95. The molecule has 7 heteroatoms. The number of rotatable bonds is 4. The Morgan fingerprint density at radius 3 is 2.50 bits per heavy atom. The molecule has 2 N–H and O–H groups in total.